The largest absolute Gasteiger partial charge is 0.534 e. The number of hydrogen-bond acceptors (Lipinski definition) is 6. The van der Waals surface area contributed by atoms with Crippen LogP contribution in [0.25, 0.3) is 22.4 Å². The van der Waals surface area contributed by atoms with Gasteiger partial charge in [0.05, 0.1) is 17.9 Å². The zero-order chi connectivity index (χ0) is 31.6. The standard InChI is InChI=1S/C32H36F3N3O5S/c1-5-18-14-25(38(17-18)30(39)42-31(2,3)4)29-36-16-24(37-29)20-8-6-19(7-9-20)23-12-13-26(43-44(40,41)32(33,34)35)28-22-11-10-21(15-22)27(23)28/h6-9,12-13,16,18,21-22,25H,5,10-11,14-15,17H2,1-4H3,(H,36,37). The first-order valence-electron chi connectivity index (χ1n) is 15.0. The van der Waals surface area contributed by atoms with E-state index in [-0.39, 0.29) is 29.7 Å². The highest BCUT2D eigenvalue weighted by atomic mass is 32.2. The fourth-order valence-corrected chi connectivity index (χ4v) is 7.43. The van der Waals surface area contributed by atoms with Crippen LogP contribution in [0.1, 0.15) is 94.6 Å². The number of halogens is 3. The van der Waals surface area contributed by atoms with Crippen LogP contribution < -0.4 is 4.18 Å². The van der Waals surface area contributed by atoms with E-state index < -0.39 is 21.2 Å². The molecular weight excluding hydrogens is 595 g/mol. The van der Waals surface area contributed by atoms with Crippen LogP contribution in [0.3, 0.4) is 0 Å². The van der Waals surface area contributed by atoms with Gasteiger partial charge in [-0.1, -0.05) is 43.7 Å². The lowest BCUT2D eigenvalue weighted by molar-refractivity contribution is -0.0500. The van der Waals surface area contributed by atoms with E-state index >= 15 is 0 Å². The molecule has 0 spiro atoms. The minimum absolute atomic E-state index is 0.0285. The number of amides is 1. The molecule has 2 aromatic carbocycles. The summed E-state index contributed by atoms with van der Waals surface area (Å²) in [6, 6.07) is 10.6. The molecule has 2 heterocycles. The van der Waals surface area contributed by atoms with Gasteiger partial charge < -0.3 is 13.9 Å². The summed E-state index contributed by atoms with van der Waals surface area (Å²) in [6.07, 6.45) is 5.59. The number of alkyl halides is 3. The molecule has 44 heavy (non-hydrogen) atoms. The lowest BCUT2D eigenvalue weighted by atomic mass is 9.85. The van der Waals surface area contributed by atoms with E-state index in [9.17, 15) is 26.4 Å². The Hall–Kier alpha value is -3.54. The number of carbonyl (C=O) groups is 1. The molecular formula is C32H36F3N3O5S. The summed E-state index contributed by atoms with van der Waals surface area (Å²) in [7, 11) is -5.77. The summed E-state index contributed by atoms with van der Waals surface area (Å²) in [4.78, 5) is 22.8. The van der Waals surface area contributed by atoms with E-state index in [4.69, 9.17) is 4.74 Å². The van der Waals surface area contributed by atoms with Crippen molar-refractivity contribution in [3.8, 4) is 28.1 Å². The van der Waals surface area contributed by atoms with Gasteiger partial charge in [0.15, 0.2) is 0 Å². The third-order valence-corrected chi connectivity index (χ3v) is 9.96. The third-order valence-electron chi connectivity index (χ3n) is 8.99. The van der Waals surface area contributed by atoms with Gasteiger partial charge in [-0.15, -0.1) is 0 Å². The van der Waals surface area contributed by atoms with E-state index in [0.717, 1.165) is 60.1 Å². The highest BCUT2D eigenvalue weighted by Crippen LogP contribution is 2.58. The Balaban J connectivity index is 1.26. The first-order chi connectivity index (χ1) is 20.6. The molecule has 2 fully saturated rings. The van der Waals surface area contributed by atoms with Crippen LogP contribution in [-0.2, 0) is 14.9 Å². The quantitative estimate of drug-likeness (QED) is 0.218. The van der Waals surface area contributed by atoms with E-state index in [1.807, 2.05) is 45.0 Å². The summed E-state index contributed by atoms with van der Waals surface area (Å²) >= 11 is 0. The third kappa shape index (κ3) is 5.57. The number of hydrogen-bond donors (Lipinski definition) is 1. The number of nitrogens with one attached hydrogen (secondary N) is 1. The monoisotopic (exact) mass is 631 g/mol. The van der Waals surface area contributed by atoms with Crippen molar-refractivity contribution in [3.63, 3.8) is 0 Å². The van der Waals surface area contributed by atoms with Crippen molar-refractivity contribution in [1.29, 1.82) is 0 Å². The Morgan fingerprint density at radius 1 is 1.00 bits per heavy atom. The Kier molecular flexibility index (Phi) is 7.49. The van der Waals surface area contributed by atoms with Crippen molar-refractivity contribution in [1.82, 2.24) is 14.9 Å². The highest BCUT2D eigenvalue weighted by molar-refractivity contribution is 7.88. The smallest absolute Gasteiger partial charge is 0.444 e. The van der Waals surface area contributed by atoms with Gasteiger partial charge >= 0.3 is 21.7 Å². The number of imidazole rings is 1. The number of nitrogens with zero attached hydrogens (tertiary/aromatic N) is 2. The zero-order valence-corrected chi connectivity index (χ0v) is 25.9. The van der Waals surface area contributed by atoms with Crippen LogP contribution in [0.5, 0.6) is 5.75 Å². The van der Waals surface area contributed by atoms with Crippen molar-refractivity contribution in [3.05, 3.63) is 59.5 Å². The first kappa shape index (κ1) is 30.5. The maximum atomic E-state index is 13.1. The Morgan fingerprint density at radius 3 is 2.30 bits per heavy atom. The number of carbonyl (C=O) groups excluding carboxylic acids is 1. The molecule has 12 heteroatoms. The van der Waals surface area contributed by atoms with Gasteiger partial charge in [-0.05, 0) is 92.5 Å². The number of fused-ring (bicyclic) bond motifs is 5. The van der Waals surface area contributed by atoms with E-state index in [2.05, 4.69) is 21.1 Å². The van der Waals surface area contributed by atoms with Crippen molar-refractivity contribution >= 4 is 16.2 Å². The van der Waals surface area contributed by atoms with Crippen LogP contribution in [0, 0.1) is 5.92 Å². The maximum absolute atomic E-state index is 13.1. The number of ether oxygens (including phenoxy) is 1. The fraction of sp³-hybridized carbons (Fsp3) is 0.500. The summed E-state index contributed by atoms with van der Waals surface area (Å²) in [5.41, 5.74) is -1.23. The van der Waals surface area contributed by atoms with Crippen LogP contribution in [0.15, 0.2) is 42.6 Å². The lowest BCUT2D eigenvalue weighted by Gasteiger charge is -2.27. The summed E-state index contributed by atoms with van der Waals surface area (Å²) < 4.78 is 73.1. The van der Waals surface area contributed by atoms with Gasteiger partial charge in [0.2, 0.25) is 0 Å². The zero-order valence-electron chi connectivity index (χ0n) is 25.1. The van der Waals surface area contributed by atoms with Crippen LogP contribution in [0.4, 0.5) is 18.0 Å². The number of H-pyrrole nitrogens is 1. The molecule has 1 aliphatic heterocycles. The molecule has 1 saturated heterocycles. The molecule has 3 aromatic rings. The number of benzene rings is 2. The fourth-order valence-electron chi connectivity index (χ4n) is 6.96. The molecule has 2 aliphatic carbocycles. The second-order valence-electron chi connectivity index (χ2n) is 13.0. The van der Waals surface area contributed by atoms with Gasteiger partial charge in [0, 0.05) is 12.1 Å². The molecule has 236 valence electrons. The van der Waals surface area contributed by atoms with Crippen LogP contribution in [-0.4, -0.2) is 47.0 Å². The van der Waals surface area contributed by atoms with Crippen molar-refractivity contribution in [2.75, 3.05) is 6.54 Å². The van der Waals surface area contributed by atoms with Crippen molar-refractivity contribution in [2.45, 2.75) is 88.8 Å². The second-order valence-corrected chi connectivity index (χ2v) is 14.6. The Bertz CT molecular complexity index is 1680. The van der Waals surface area contributed by atoms with Gasteiger partial charge in [-0.25, -0.2) is 9.78 Å². The molecule has 6 rings (SSSR count). The van der Waals surface area contributed by atoms with Crippen molar-refractivity contribution in [2.24, 2.45) is 5.92 Å². The summed E-state index contributed by atoms with van der Waals surface area (Å²) in [6.45, 7) is 8.27. The molecule has 1 aromatic heterocycles. The Labute approximate surface area is 255 Å². The molecule has 4 unspecified atom stereocenters. The average molecular weight is 632 g/mol. The number of likely N-dealkylation sites (tertiary alicyclic amines) is 1. The highest BCUT2D eigenvalue weighted by Gasteiger charge is 2.50. The van der Waals surface area contributed by atoms with Gasteiger partial charge in [0.1, 0.15) is 17.2 Å². The molecule has 2 bridgehead atoms. The topological polar surface area (TPSA) is 102 Å². The molecule has 0 radical (unpaired) electrons. The van der Waals surface area contributed by atoms with Crippen molar-refractivity contribution < 1.29 is 35.3 Å². The SMILES string of the molecule is CCC1CC(c2ncc(-c3ccc(-c4ccc(OS(=O)(=O)C(F)(F)F)c5c4C4CCC5C4)cc3)[nH]2)N(C(=O)OC(C)(C)C)C1. The maximum Gasteiger partial charge on any atom is 0.534 e. The first-order valence-corrected chi connectivity index (χ1v) is 16.4. The average Bonchev–Trinajstić information content (AvgIpc) is 3.75. The van der Waals surface area contributed by atoms with Crippen LogP contribution >= 0.6 is 0 Å². The second kappa shape index (κ2) is 10.8. The molecule has 1 N–H and O–H groups in total. The predicted octanol–water partition coefficient (Wildman–Crippen LogP) is 8.04. The van der Waals surface area contributed by atoms with Gasteiger partial charge in [-0.2, -0.15) is 21.6 Å². The van der Waals surface area contributed by atoms with E-state index in [0.29, 0.717) is 23.9 Å². The van der Waals surface area contributed by atoms with E-state index in [1.54, 1.807) is 17.2 Å². The number of rotatable bonds is 6. The summed E-state index contributed by atoms with van der Waals surface area (Å²) in [5, 5.41) is 0. The number of aromatic nitrogens is 2. The molecule has 8 nitrogen and oxygen atoms in total. The lowest BCUT2D eigenvalue weighted by Crippen LogP contribution is -2.37. The normalized spacial score (nSPS) is 23.2. The molecule has 1 amide bonds. The summed E-state index contributed by atoms with van der Waals surface area (Å²) in [5.74, 6) is 0.932. The van der Waals surface area contributed by atoms with Gasteiger partial charge in [-0.3, -0.25) is 4.90 Å². The van der Waals surface area contributed by atoms with Crippen LogP contribution in [0.2, 0.25) is 0 Å². The minimum Gasteiger partial charge on any atom is -0.444 e. The minimum atomic E-state index is -5.77. The molecule has 3 aliphatic rings. The van der Waals surface area contributed by atoms with E-state index in [1.165, 1.54) is 6.07 Å². The van der Waals surface area contributed by atoms with Gasteiger partial charge in [0.25, 0.3) is 0 Å². The molecule has 1 saturated carbocycles. The molecule has 4 atom stereocenters. The number of aromatic amines is 1. The predicted molar refractivity (Wildman–Crippen MR) is 158 cm³/mol. The Morgan fingerprint density at radius 2 is 1.66 bits per heavy atom.